The van der Waals surface area contributed by atoms with E-state index in [1.807, 2.05) is 0 Å². The number of aryl methyl sites for hydroxylation is 1. The molecule has 0 bridgehead atoms. The van der Waals surface area contributed by atoms with Crippen molar-refractivity contribution in [1.29, 1.82) is 0 Å². The van der Waals surface area contributed by atoms with Gasteiger partial charge in [-0.1, -0.05) is 19.1 Å². The number of hydrogen-bond donors (Lipinski definition) is 4. The summed E-state index contributed by atoms with van der Waals surface area (Å²) < 4.78 is 56.7. The first-order valence-corrected chi connectivity index (χ1v) is 9.63. The van der Waals surface area contributed by atoms with Crippen molar-refractivity contribution >= 4 is 16.5 Å². The number of alkyl halides is 3. The van der Waals surface area contributed by atoms with E-state index in [1.54, 1.807) is 0 Å². The number of pyridine rings is 1. The molecule has 0 fully saturated rings. The molecule has 1 aliphatic carbocycles. The smallest absolute Gasteiger partial charge is 0.419 e. The Kier molecular flexibility index (Phi) is 4.77. The lowest BCUT2D eigenvalue weighted by atomic mass is 9.70. The zero-order chi connectivity index (χ0) is 22.7. The Morgan fingerprint density at radius 1 is 1.23 bits per heavy atom. The second kappa shape index (κ2) is 6.98. The van der Waals surface area contributed by atoms with Gasteiger partial charge in [0.15, 0.2) is 17.2 Å². The molecule has 0 saturated heterocycles. The molecule has 1 aromatic heterocycles. The van der Waals surface area contributed by atoms with Crippen LogP contribution in [-0.2, 0) is 0 Å². The van der Waals surface area contributed by atoms with Gasteiger partial charge < -0.3 is 20.5 Å². The molecular weight excluding hydrogens is 416 g/mol. The highest BCUT2D eigenvalue weighted by atomic mass is 19.4. The molecule has 31 heavy (non-hydrogen) atoms. The number of hydrogen-bond acceptors (Lipinski definition) is 4. The van der Waals surface area contributed by atoms with Gasteiger partial charge in [0, 0.05) is 28.2 Å². The predicted molar refractivity (Wildman–Crippen MR) is 108 cm³/mol. The second-order valence-electron chi connectivity index (χ2n) is 8.04. The number of fused-ring (bicyclic) bond motifs is 2. The molecule has 3 atom stereocenters. The van der Waals surface area contributed by atoms with Gasteiger partial charge in [-0.15, -0.1) is 0 Å². The van der Waals surface area contributed by atoms with Gasteiger partial charge in [-0.25, -0.2) is 4.39 Å². The van der Waals surface area contributed by atoms with Gasteiger partial charge in [-0.2, -0.15) is 13.2 Å². The first kappa shape index (κ1) is 21.2. The maximum absolute atomic E-state index is 14.3. The van der Waals surface area contributed by atoms with E-state index in [0.29, 0.717) is 5.39 Å². The molecule has 5 nitrogen and oxygen atoms in total. The number of anilines is 1. The van der Waals surface area contributed by atoms with Crippen molar-refractivity contribution in [2.45, 2.75) is 44.0 Å². The van der Waals surface area contributed by atoms with Gasteiger partial charge in [0.2, 0.25) is 0 Å². The van der Waals surface area contributed by atoms with E-state index in [9.17, 15) is 32.6 Å². The third-order valence-electron chi connectivity index (χ3n) is 6.00. The Hall–Kier alpha value is -3.07. The average Bonchev–Trinajstić information content (AvgIpc) is 2.68. The summed E-state index contributed by atoms with van der Waals surface area (Å²) in [6, 6.07) is 5.53. The molecule has 3 aromatic rings. The summed E-state index contributed by atoms with van der Waals surface area (Å²) >= 11 is 0. The number of aromatic nitrogens is 1. The number of aromatic amines is 1. The summed E-state index contributed by atoms with van der Waals surface area (Å²) in [4.78, 5) is 14.6. The Labute approximate surface area is 174 Å². The summed E-state index contributed by atoms with van der Waals surface area (Å²) in [5, 5.41) is 24.6. The Morgan fingerprint density at radius 2 is 1.94 bits per heavy atom. The number of phenols is 1. The third kappa shape index (κ3) is 3.15. The fourth-order valence-electron chi connectivity index (χ4n) is 4.50. The van der Waals surface area contributed by atoms with Crippen LogP contribution in [-0.4, -0.2) is 27.0 Å². The Balaban J connectivity index is 1.97. The molecule has 1 aliphatic rings. The lowest BCUT2D eigenvalue weighted by Crippen LogP contribution is -2.55. The molecule has 2 aromatic carbocycles. The van der Waals surface area contributed by atoms with Crippen LogP contribution in [0, 0.1) is 12.7 Å². The SMILES string of the molecule is Cc1cc2c(c(O)c1F)C(C)CC(O)(C(F)(F)F)C2Nc1cccc2c(=O)[nH]ccc12. The number of rotatable bonds is 2. The Bertz CT molecular complexity index is 1240. The second-order valence-corrected chi connectivity index (χ2v) is 8.04. The quantitative estimate of drug-likeness (QED) is 0.441. The minimum Gasteiger partial charge on any atom is -0.505 e. The number of nitrogens with one attached hydrogen (secondary N) is 2. The molecule has 0 radical (unpaired) electrons. The minimum atomic E-state index is -5.02. The number of phenolic OH excluding ortho intramolecular Hbond substituents is 1. The van der Waals surface area contributed by atoms with Crippen molar-refractivity contribution in [2.24, 2.45) is 0 Å². The van der Waals surface area contributed by atoms with Crippen LogP contribution in [0.25, 0.3) is 10.8 Å². The zero-order valence-corrected chi connectivity index (χ0v) is 16.6. The first-order chi connectivity index (χ1) is 14.5. The fourth-order valence-corrected chi connectivity index (χ4v) is 4.50. The number of aliphatic hydroxyl groups is 1. The van der Waals surface area contributed by atoms with Crippen LogP contribution in [0.5, 0.6) is 5.75 Å². The van der Waals surface area contributed by atoms with E-state index >= 15 is 0 Å². The van der Waals surface area contributed by atoms with E-state index in [4.69, 9.17) is 0 Å². The van der Waals surface area contributed by atoms with Gasteiger partial charge >= 0.3 is 6.18 Å². The topological polar surface area (TPSA) is 85.3 Å². The molecule has 9 heteroatoms. The standard InChI is InChI=1S/C22H20F4N2O3/c1-10-8-14-16(18(29)17(10)23)11(2)9-21(31,22(24,25)26)19(14)28-15-5-3-4-13-12(15)6-7-27-20(13)30/h3-8,11,19,28-29,31H,9H2,1-2H3,(H,27,30). The average molecular weight is 436 g/mol. The highest BCUT2D eigenvalue weighted by molar-refractivity contribution is 5.93. The number of halogens is 4. The molecule has 0 amide bonds. The van der Waals surface area contributed by atoms with E-state index in [0.717, 1.165) is 0 Å². The van der Waals surface area contributed by atoms with Crippen molar-refractivity contribution < 1.29 is 27.8 Å². The molecule has 0 saturated carbocycles. The molecule has 4 rings (SSSR count). The summed E-state index contributed by atoms with van der Waals surface area (Å²) in [5.41, 5.74) is -3.49. The van der Waals surface area contributed by atoms with E-state index in [2.05, 4.69) is 10.3 Å². The van der Waals surface area contributed by atoms with Crippen LogP contribution < -0.4 is 10.9 Å². The van der Waals surface area contributed by atoms with Crippen LogP contribution in [0.4, 0.5) is 23.2 Å². The van der Waals surface area contributed by atoms with Crippen molar-refractivity contribution in [3.8, 4) is 5.75 Å². The fraction of sp³-hybridized carbons (Fsp3) is 0.318. The maximum atomic E-state index is 14.3. The van der Waals surface area contributed by atoms with E-state index in [-0.39, 0.29) is 27.8 Å². The molecule has 0 spiro atoms. The van der Waals surface area contributed by atoms with E-state index in [1.165, 1.54) is 50.4 Å². The van der Waals surface area contributed by atoms with Crippen molar-refractivity contribution in [1.82, 2.24) is 4.98 Å². The molecule has 3 unspecified atom stereocenters. The van der Waals surface area contributed by atoms with Gasteiger partial charge in [0.1, 0.15) is 0 Å². The van der Waals surface area contributed by atoms with Crippen LogP contribution in [0.15, 0.2) is 41.3 Å². The van der Waals surface area contributed by atoms with Gasteiger partial charge in [-0.05, 0) is 48.6 Å². The number of aromatic hydroxyl groups is 1. The summed E-state index contributed by atoms with van der Waals surface area (Å²) in [7, 11) is 0. The summed E-state index contributed by atoms with van der Waals surface area (Å²) in [5.74, 6) is -2.57. The summed E-state index contributed by atoms with van der Waals surface area (Å²) in [6.45, 7) is 2.73. The molecule has 0 aliphatic heterocycles. The van der Waals surface area contributed by atoms with Gasteiger partial charge in [0.25, 0.3) is 5.56 Å². The van der Waals surface area contributed by atoms with Crippen LogP contribution in [0.1, 0.15) is 42.0 Å². The highest BCUT2D eigenvalue weighted by Gasteiger charge is 2.62. The lowest BCUT2D eigenvalue weighted by Gasteiger charge is -2.45. The Morgan fingerprint density at radius 3 is 2.61 bits per heavy atom. The predicted octanol–water partition coefficient (Wildman–Crippen LogP) is 4.64. The zero-order valence-electron chi connectivity index (χ0n) is 16.6. The van der Waals surface area contributed by atoms with Crippen molar-refractivity contribution in [3.63, 3.8) is 0 Å². The molecule has 4 N–H and O–H groups in total. The molecule has 164 valence electrons. The highest BCUT2D eigenvalue weighted by Crippen LogP contribution is 2.54. The van der Waals surface area contributed by atoms with E-state index < -0.39 is 47.3 Å². The normalized spacial score (nSPS) is 23.6. The third-order valence-corrected chi connectivity index (χ3v) is 6.00. The number of benzene rings is 2. The number of H-pyrrole nitrogens is 1. The molecule has 1 heterocycles. The van der Waals surface area contributed by atoms with Crippen LogP contribution in [0.2, 0.25) is 0 Å². The van der Waals surface area contributed by atoms with Gasteiger partial charge in [0.05, 0.1) is 6.04 Å². The van der Waals surface area contributed by atoms with Crippen LogP contribution >= 0.6 is 0 Å². The minimum absolute atomic E-state index is 0.0209. The monoisotopic (exact) mass is 436 g/mol. The van der Waals surface area contributed by atoms with Crippen LogP contribution in [0.3, 0.4) is 0 Å². The first-order valence-electron chi connectivity index (χ1n) is 9.63. The maximum Gasteiger partial charge on any atom is 0.419 e. The molecular formula is C22H20F4N2O3. The van der Waals surface area contributed by atoms with Gasteiger partial charge in [-0.3, -0.25) is 4.79 Å². The summed E-state index contributed by atoms with van der Waals surface area (Å²) in [6.07, 6.45) is -4.42. The van der Waals surface area contributed by atoms with Crippen molar-refractivity contribution in [3.05, 3.63) is 69.4 Å². The van der Waals surface area contributed by atoms with Crippen molar-refractivity contribution in [2.75, 3.05) is 5.32 Å². The largest absolute Gasteiger partial charge is 0.505 e. The lowest BCUT2D eigenvalue weighted by molar-refractivity contribution is -0.272.